The molecule has 0 unspecified atom stereocenters. The van der Waals surface area contributed by atoms with Crippen LogP contribution < -0.4 is 16.4 Å². The van der Waals surface area contributed by atoms with Crippen molar-refractivity contribution in [2.45, 2.75) is 25.3 Å². The topological polar surface area (TPSA) is 69.4 Å². The lowest BCUT2D eigenvalue weighted by molar-refractivity contribution is 0.122. The van der Waals surface area contributed by atoms with Gasteiger partial charge in [-0.2, -0.15) is 0 Å². The number of nitrogens with two attached hydrogens (primary N) is 2. The van der Waals surface area contributed by atoms with Crippen LogP contribution in [-0.4, -0.2) is 30.9 Å². The van der Waals surface area contributed by atoms with E-state index in [2.05, 4.69) is 39.8 Å². The zero-order valence-corrected chi connectivity index (χ0v) is 15.5. The second-order valence-corrected chi connectivity index (χ2v) is 7.64. The van der Waals surface area contributed by atoms with Crippen LogP contribution in [0.1, 0.15) is 25.3 Å². The SMILES string of the molecule is Nc1ccc(-c2c(N)c3ccc(N4CCOCC4)cc3n2C2CCC2)cc1. The standard InChI is InChI=1S/C22H26N4O/c23-16-6-4-15(5-7-16)22-21(24)19-9-8-18(25-10-12-27-13-11-25)14-20(19)26(22)17-2-1-3-17/h4-9,14,17H,1-3,10-13,23-24H2. The average Bonchev–Trinajstić information content (AvgIpc) is 2.94. The molecule has 0 atom stereocenters. The van der Waals surface area contributed by atoms with Crippen LogP contribution in [0.5, 0.6) is 0 Å². The molecule has 27 heavy (non-hydrogen) atoms. The Labute approximate surface area is 159 Å². The summed E-state index contributed by atoms with van der Waals surface area (Å²) < 4.78 is 7.99. The molecule has 0 amide bonds. The van der Waals surface area contributed by atoms with Gasteiger partial charge in [-0.3, -0.25) is 0 Å². The van der Waals surface area contributed by atoms with Gasteiger partial charge < -0.3 is 25.7 Å². The first-order chi connectivity index (χ1) is 13.2. The highest BCUT2D eigenvalue weighted by atomic mass is 16.5. The second kappa shape index (κ2) is 6.50. The Morgan fingerprint density at radius 1 is 0.926 bits per heavy atom. The van der Waals surface area contributed by atoms with E-state index in [9.17, 15) is 0 Å². The van der Waals surface area contributed by atoms with Crippen LogP contribution in [0.25, 0.3) is 22.2 Å². The zero-order valence-electron chi connectivity index (χ0n) is 15.5. The maximum atomic E-state index is 6.67. The first-order valence-corrected chi connectivity index (χ1v) is 9.84. The summed E-state index contributed by atoms with van der Waals surface area (Å²) in [5, 5.41) is 1.14. The molecule has 2 fully saturated rings. The van der Waals surface area contributed by atoms with E-state index in [4.69, 9.17) is 16.2 Å². The fraction of sp³-hybridized carbons (Fsp3) is 0.364. The van der Waals surface area contributed by atoms with Crippen LogP contribution in [0, 0.1) is 0 Å². The van der Waals surface area contributed by atoms with Crippen LogP contribution in [0.2, 0.25) is 0 Å². The van der Waals surface area contributed by atoms with Crippen molar-refractivity contribution in [2.75, 3.05) is 42.7 Å². The maximum absolute atomic E-state index is 6.67. The smallest absolute Gasteiger partial charge is 0.0727 e. The number of ether oxygens (including phenoxy) is 1. The predicted octanol–water partition coefficient (Wildman–Crippen LogP) is 4.03. The van der Waals surface area contributed by atoms with Crippen molar-refractivity contribution in [1.29, 1.82) is 0 Å². The zero-order chi connectivity index (χ0) is 18.4. The molecule has 5 rings (SSSR count). The summed E-state index contributed by atoms with van der Waals surface area (Å²) in [5.74, 6) is 0. The summed E-state index contributed by atoms with van der Waals surface area (Å²) in [5.41, 5.74) is 19.0. The number of fused-ring (bicyclic) bond motifs is 1. The van der Waals surface area contributed by atoms with Crippen molar-refractivity contribution < 1.29 is 4.74 Å². The van der Waals surface area contributed by atoms with E-state index in [1.165, 1.54) is 30.5 Å². The summed E-state index contributed by atoms with van der Waals surface area (Å²) in [7, 11) is 0. The normalized spacial score (nSPS) is 18.0. The van der Waals surface area contributed by atoms with Gasteiger partial charge in [-0.25, -0.2) is 0 Å². The molecule has 140 valence electrons. The quantitative estimate of drug-likeness (QED) is 0.690. The number of anilines is 3. The highest BCUT2D eigenvalue weighted by Gasteiger charge is 2.27. The maximum Gasteiger partial charge on any atom is 0.0727 e. The minimum atomic E-state index is 0.525. The number of rotatable bonds is 3. The fourth-order valence-electron chi connectivity index (χ4n) is 4.30. The van der Waals surface area contributed by atoms with Gasteiger partial charge in [0.05, 0.1) is 30.1 Å². The largest absolute Gasteiger partial charge is 0.399 e. The highest BCUT2D eigenvalue weighted by molar-refractivity contribution is 6.02. The first-order valence-electron chi connectivity index (χ1n) is 9.84. The lowest BCUT2D eigenvalue weighted by atomic mass is 9.92. The van der Waals surface area contributed by atoms with E-state index in [0.29, 0.717) is 6.04 Å². The molecule has 1 aliphatic heterocycles. The molecule has 2 aliphatic rings. The van der Waals surface area contributed by atoms with Gasteiger partial charge in [-0.05, 0) is 49.6 Å². The van der Waals surface area contributed by atoms with Gasteiger partial charge in [0, 0.05) is 41.5 Å². The van der Waals surface area contributed by atoms with Gasteiger partial charge in [0.25, 0.3) is 0 Å². The van der Waals surface area contributed by atoms with E-state index in [1.54, 1.807) is 0 Å². The van der Waals surface area contributed by atoms with Gasteiger partial charge in [-0.1, -0.05) is 12.1 Å². The van der Waals surface area contributed by atoms with E-state index in [1.807, 2.05) is 12.1 Å². The molecule has 1 aliphatic carbocycles. The van der Waals surface area contributed by atoms with Gasteiger partial charge in [0.1, 0.15) is 0 Å². The molecule has 1 saturated heterocycles. The number of morpholine rings is 1. The third kappa shape index (κ3) is 2.73. The molecule has 4 N–H and O–H groups in total. The third-order valence-corrected chi connectivity index (χ3v) is 6.03. The van der Waals surface area contributed by atoms with Crippen LogP contribution in [0.3, 0.4) is 0 Å². The lowest BCUT2D eigenvalue weighted by Crippen LogP contribution is -2.36. The molecule has 2 aromatic carbocycles. The molecular weight excluding hydrogens is 336 g/mol. The Hall–Kier alpha value is -2.66. The van der Waals surface area contributed by atoms with Crippen LogP contribution in [0.15, 0.2) is 42.5 Å². The predicted molar refractivity (Wildman–Crippen MR) is 112 cm³/mol. The van der Waals surface area contributed by atoms with E-state index >= 15 is 0 Å². The van der Waals surface area contributed by atoms with Crippen molar-refractivity contribution in [2.24, 2.45) is 0 Å². The number of benzene rings is 2. The van der Waals surface area contributed by atoms with E-state index in [-0.39, 0.29) is 0 Å². The average molecular weight is 362 g/mol. The van der Waals surface area contributed by atoms with Crippen LogP contribution in [-0.2, 0) is 4.74 Å². The Morgan fingerprint density at radius 2 is 1.67 bits per heavy atom. The molecular formula is C22H26N4O. The third-order valence-electron chi connectivity index (χ3n) is 6.03. The van der Waals surface area contributed by atoms with E-state index in [0.717, 1.165) is 54.3 Å². The summed E-state index contributed by atoms with van der Waals surface area (Å²) >= 11 is 0. The molecule has 5 nitrogen and oxygen atoms in total. The lowest BCUT2D eigenvalue weighted by Gasteiger charge is -2.31. The van der Waals surface area contributed by atoms with Crippen molar-refractivity contribution in [3.8, 4) is 11.3 Å². The molecule has 3 aromatic rings. The molecule has 0 bridgehead atoms. The molecule has 1 aromatic heterocycles. The minimum Gasteiger partial charge on any atom is -0.399 e. The first kappa shape index (κ1) is 16.5. The summed E-state index contributed by atoms with van der Waals surface area (Å²) in [6, 6.07) is 15.3. The number of hydrogen-bond acceptors (Lipinski definition) is 4. The Bertz CT molecular complexity index is 966. The highest BCUT2D eigenvalue weighted by Crippen LogP contribution is 2.44. The van der Waals surface area contributed by atoms with Crippen molar-refractivity contribution in [1.82, 2.24) is 4.57 Å². The van der Waals surface area contributed by atoms with Crippen molar-refractivity contribution in [3.05, 3.63) is 42.5 Å². The molecule has 2 heterocycles. The van der Waals surface area contributed by atoms with Gasteiger partial charge in [0.15, 0.2) is 0 Å². The Kier molecular flexibility index (Phi) is 3.97. The monoisotopic (exact) mass is 362 g/mol. The molecule has 1 saturated carbocycles. The van der Waals surface area contributed by atoms with Gasteiger partial charge in [-0.15, -0.1) is 0 Å². The summed E-state index contributed by atoms with van der Waals surface area (Å²) in [6.07, 6.45) is 3.72. The summed E-state index contributed by atoms with van der Waals surface area (Å²) in [4.78, 5) is 2.40. The number of nitrogens with zero attached hydrogens (tertiary/aromatic N) is 2. The molecule has 5 heteroatoms. The van der Waals surface area contributed by atoms with Crippen LogP contribution >= 0.6 is 0 Å². The van der Waals surface area contributed by atoms with Crippen LogP contribution in [0.4, 0.5) is 17.1 Å². The number of aromatic nitrogens is 1. The number of hydrogen-bond donors (Lipinski definition) is 2. The van der Waals surface area contributed by atoms with Gasteiger partial charge >= 0.3 is 0 Å². The number of nitrogen functional groups attached to an aromatic ring is 2. The second-order valence-electron chi connectivity index (χ2n) is 7.64. The van der Waals surface area contributed by atoms with Crippen molar-refractivity contribution >= 4 is 28.0 Å². The Morgan fingerprint density at radius 3 is 2.33 bits per heavy atom. The van der Waals surface area contributed by atoms with E-state index < -0.39 is 0 Å². The fourth-order valence-corrected chi connectivity index (χ4v) is 4.30. The van der Waals surface area contributed by atoms with Crippen molar-refractivity contribution in [3.63, 3.8) is 0 Å². The Balaban J connectivity index is 1.69. The minimum absolute atomic E-state index is 0.525. The van der Waals surface area contributed by atoms with Gasteiger partial charge in [0.2, 0.25) is 0 Å². The molecule has 0 radical (unpaired) electrons. The summed E-state index contributed by atoms with van der Waals surface area (Å²) in [6.45, 7) is 3.47. The molecule has 0 spiro atoms.